The molecule has 0 unspecified atom stereocenters. The number of hydrogen-bond acceptors (Lipinski definition) is 5. The van der Waals surface area contributed by atoms with Crippen LogP contribution in [-0.2, 0) is 0 Å². The highest BCUT2D eigenvalue weighted by Gasteiger charge is 2.14. The standard InChI is InChI=1S/C22H24N2O4/c1-3-24(4-2)13-14-27-18-11-9-17(10-12-18)23-21(25)19-15-16-7-5-6-8-20(16)28-22(19)26/h5-12,15H,3-4,13-14H2,1-2H3,(H,23,25). The molecule has 1 aromatic heterocycles. The Balaban J connectivity index is 1.63. The molecule has 0 atom stereocenters. The number of nitrogens with zero attached hydrogens (tertiary/aromatic N) is 1. The lowest BCUT2D eigenvalue weighted by molar-refractivity contribution is 0.102. The van der Waals surface area contributed by atoms with Crippen LogP contribution in [0.2, 0.25) is 0 Å². The highest BCUT2D eigenvalue weighted by atomic mass is 16.5. The summed E-state index contributed by atoms with van der Waals surface area (Å²) >= 11 is 0. The Bertz CT molecular complexity index is 991. The second-order valence-corrected chi connectivity index (χ2v) is 6.34. The summed E-state index contributed by atoms with van der Waals surface area (Å²) in [5.41, 5.74) is 0.342. The van der Waals surface area contributed by atoms with Gasteiger partial charge in [-0.3, -0.25) is 4.79 Å². The number of carbonyl (C=O) groups excluding carboxylic acids is 1. The van der Waals surface area contributed by atoms with Crippen molar-refractivity contribution in [1.29, 1.82) is 0 Å². The molecule has 0 radical (unpaired) electrons. The lowest BCUT2D eigenvalue weighted by atomic mass is 10.1. The number of amides is 1. The molecule has 6 heteroatoms. The third kappa shape index (κ3) is 4.78. The maximum absolute atomic E-state index is 12.5. The predicted molar refractivity (Wildman–Crippen MR) is 110 cm³/mol. The summed E-state index contributed by atoms with van der Waals surface area (Å²) in [5, 5.41) is 3.42. The molecular formula is C22H24N2O4. The number of carbonyl (C=O) groups is 1. The lowest BCUT2D eigenvalue weighted by Crippen LogP contribution is -2.27. The minimum atomic E-state index is -0.660. The van der Waals surface area contributed by atoms with Crippen molar-refractivity contribution in [1.82, 2.24) is 4.90 Å². The average molecular weight is 380 g/mol. The van der Waals surface area contributed by atoms with Crippen LogP contribution in [0, 0.1) is 0 Å². The SMILES string of the molecule is CCN(CC)CCOc1ccc(NC(=O)c2cc3ccccc3oc2=O)cc1. The molecule has 0 aliphatic heterocycles. The van der Waals surface area contributed by atoms with Crippen molar-refractivity contribution in [2.75, 3.05) is 31.6 Å². The Labute approximate surface area is 163 Å². The lowest BCUT2D eigenvalue weighted by Gasteiger charge is -2.18. The van der Waals surface area contributed by atoms with Gasteiger partial charge in [-0.1, -0.05) is 32.0 Å². The number of para-hydroxylation sites is 1. The van der Waals surface area contributed by atoms with Crippen LogP contribution < -0.4 is 15.7 Å². The number of nitrogens with one attached hydrogen (secondary N) is 1. The Morgan fingerprint density at radius 3 is 2.50 bits per heavy atom. The van der Waals surface area contributed by atoms with E-state index in [-0.39, 0.29) is 5.56 Å². The smallest absolute Gasteiger partial charge is 0.349 e. The minimum Gasteiger partial charge on any atom is -0.492 e. The monoisotopic (exact) mass is 380 g/mol. The Hall–Kier alpha value is -3.12. The molecule has 6 nitrogen and oxygen atoms in total. The molecule has 0 bridgehead atoms. The molecule has 1 amide bonds. The van der Waals surface area contributed by atoms with Gasteiger partial charge in [0.15, 0.2) is 0 Å². The van der Waals surface area contributed by atoms with Crippen molar-refractivity contribution >= 4 is 22.6 Å². The van der Waals surface area contributed by atoms with Crippen molar-refractivity contribution in [2.45, 2.75) is 13.8 Å². The first-order valence-electron chi connectivity index (χ1n) is 9.40. The normalized spacial score (nSPS) is 11.0. The second-order valence-electron chi connectivity index (χ2n) is 6.34. The zero-order valence-electron chi connectivity index (χ0n) is 16.1. The maximum atomic E-state index is 12.5. The molecular weight excluding hydrogens is 356 g/mol. The van der Waals surface area contributed by atoms with Crippen molar-refractivity contribution in [3.05, 3.63) is 70.6 Å². The molecule has 0 saturated heterocycles. The summed E-state index contributed by atoms with van der Waals surface area (Å²) in [7, 11) is 0. The molecule has 1 N–H and O–H groups in total. The van der Waals surface area contributed by atoms with Crippen LogP contribution in [0.3, 0.4) is 0 Å². The van der Waals surface area contributed by atoms with Gasteiger partial charge in [-0.25, -0.2) is 4.79 Å². The fourth-order valence-corrected chi connectivity index (χ4v) is 2.89. The largest absolute Gasteiger partial charge is 0.492 e. The highest BCUT2D eigenvalue weighted by molar-refractivity contribution is 6.05. The summed E-state index contributed by atoms with van der Waals surface area (Å²) in [6.07, 6.45) is 0. The van der Waals surface area contributed by atoms with Gasteiger partial charge in [0.05, 0.1) is 0 Å². The number of anilines is 1. The van der Waals surface area contributed by atoms with Gasteiger partial charge in [-0.05, 0) is 49.5 Å². The molecule has 0 spiro atoms. The molecule has 0 aliphatic rings. The highest BCUT2D eigenvalue weighted by Crippen LogP contribution is 2.17. The van der Waals surface area contributed by atoms with Gasteiger partial charge >= 0.3 is 5.63 Å². The molecule has 2 aromatic carbocycles. The Morgan fingerprint density at radius 1 is 1.07 bits per heavy atom. The summed E-state index contributed by atoms with van der Waals surface area (Å²) < 4.78 is 10.9. The van der Waals surface area contributed by atoms with E-state index >= 15 is 0 Å². The minimum absolute atomic E-state index is 0.0294. The maximum Gasteiger partial charge on any atom is 0.349 e. The summed E-state index contributed by atoms with van der Waals surface area (Å²) in [6, 6.07) is 15.7. The fraction of sp³-hybridized carbons (Fsp3) is 0.273. The van der Waals surface area contributed by atoms with Crippen LogP contribution >= 0.6 is 0 Å². The van der Waals surface area contributed by atoms with Gasteiger partial charge in [0.1, 0.15) is 23.5 Å². The summed E-state index contributed by atoms with van der Waals surface area (Å²) in [6.45, 7) is 7.70. The Morgan fingerprint density at radius 2 is 1.79 bits per heavy atom. The molecule has 146 valence electrons. The summed E-state index contributed by atoms with van der Waals surface area (Å²) in [5.74, 6) is 0.227. The molecule has 3 rings (SSSR count). The van der Waals surface area contributed by atoms with Crippen molar-refractivity contribution in [3.63, 3.8) is 0 Å². The van der Waals surface area contributed by atoms with Crippen LogP contribution in [-0.4, -0.2) is 37.0 Å². The Kier molecular flexibility index (Phi) is 6.45. The third-order valence-corrected chi connectivity index (χ3v) is 4.57. The van der Waals surface area contributed by atoms with Crippen LogP contribution in [0.15, 0.2) is 63.8 Å². The van der Waals surface area contributed by atoms with Crippen molar-refractivity contribution in [3.8, 4) is 5.75 Å². The number of rotatable bonds is 8. The van der Waals surface area contributed by atoms with Crippen molar-refractivity contribution in [2.24, 2.45) is 0 Å². The van der Waals surface area contributed by atoms with E-state index in [1.54, 1.807) is 48.5 Å². The topological polar surface area (TPSA) is 71.8 Å². The van der Waals surface area contributed by atoms with E-state index in [9.17, 15) is 9.59 Å². The van der Waals surface area contributed by atoms with Gasteiger partial charge in [-0.15, -0.1) is 0 Å². The number of ether oxygens (including phenoxy) is 1. The number of fused-ring (bicyclic) bond motifs is 1. The third-order valence-electron chi connectivity index (χ3n) is 4.57. The van der Waals surface area contributed by atoms with Gasteiger partial charge in [0.25, 0.3) is 5.91 Å². The van der Waals surface area contributed by atoms with Crippen LogP contribution in [0.4, 0.5) is 5.69 Å². The molecule has 3 aromatic rings. The van der Waals surface area contributed by atoms with Crippen molar-refractivity contribution < 1.29 is 13.9 Å². The van der Waals surface area contributed by atoms with E-state index < -0.39 is 11.5 Å². The number of likely N-dealkylation sites (N-methyl/N-ethyl adjacent to an activating group) is 1. The van der Waals surface area contributed by atoms with E-state index in [1.807, 2.05) is 6.07 Å². The molecule has 1 heterocycles. The molecule has 0 fully saturated rings. The van der Waals surface area contributed by atoms with Crippen LogP contribution in [0.5, 0.6) is 5.75 Å². The van der Waals surface area contributed by atoms with E-state index in [4.69, 9.17) is 9.15 Å². The zero-order chi connectivity index (χ0) is 19.9. The predicted octanol–water partition coefficient (Wildman–Crippen LogP) is 3.77. The quantitative estimate of drug-likeness (QED) is 0.603. The average Bonchev–Trinajstić information content (AvgIpc) is 2.72. The van der Waals surface area contributed by atoms with E-state index in [1.165, 1.54) is 0 Å². The van der Waals surface area contributed by atoms with Crippen LogP contribution in [0.1, 0.15) is 24.2 Å². The number of hydrogen-bond donors (Lipinski definition) is 1. The van der Waals surface area contributed by atoms with Gasteiger partial charge < -0.3 is 19.4 Å². The van der Waals surface area contributed by atoms with E-state index in [0.717, 1.165) is 25.4 Å². The number of benzene rings is 2. The van der Waals surface area contributed by atoms with E-state index in [0.29, 0.717) is 23.3 Å². The molecule has 0 saturated carbocycles. The zero-order valence-corrected chi connectivity index (χ0v) is 16.1. The second kappa shape index (κ2) is 9.19. The van der Waals surface area contributed by atoms with Gasteiger partial charge in [0.2, 0.25) is 0 Å². The fourth-order valence-electron chi connectivity index (χ4n) is 2.89. The van der Waals surface area contributed by atoms with E-state index in [2.05, 4.69) is 24.1 Å². The summed E-state index contributed by atoms with van der Waals surface area (Å²) in [4.78, 5) is 26.8. The first-order chi connectivity index (χ1) is 13.6. The van der Waals surface area contributed by atoms with Gasteiger partial charge in [0, 0.05) is 17.6 Å². The first-order valence-corrected chi connectivity index (χ1v) is 9.40. The molecule has 0 aliphatic carbocycles. The van der Waals surface area contributed by atoms with Crippen LogP contribution in [0.25, 0.3) is 11.0 Å². The first kappa shape index (κ1) is 19.6. The molecule has 28 heavy (non-hydrogen) atoms. The van der Waals surface area contributed by atoms with Gasteiger partial charge in [-0.2, -0.15) is 0 Å².